The number of benzodiazepines with no additional fused rings is 1. The average molecular weight is 396 g/mol. The van der Waals surface area contributed by atoms with Crippen molar-refractivity contribution in [1.82, 2.24) is 5.32 Å². The van der Waals surface area contributed by atoms with Gasteiger partial charge in [0.05, 0.1) is 11.4 Å². The largest absolute Gasteiger partial charge is 0.373 e. The van der Waals surface area contributed by atoms with E-state index in [-0.39, 0.29) is 11.8 Å². The summed E-state index contributed by atoms with van der Waals surface area (Å²) in [5.41, 5.74) is 5.07. The van der Waals surface area contributed by atoms with E-state index in [1.54, 1.807) is 0 Å². The van der Waals surface area contributed by atoms with E-state index in [2.05, 4.69) is 20.9 Å². The summed E-state index contributed by atoms with van der Waals surface area (Å²) in [5, 5.41) is 8.94. The highest BCUT2D eigenvalue weighted by atomic mass is 16.2. The maximum absolute atomic E-state index is 12.9. The lowest BCUT2D eigenvalue weighted by atomic mass is 10.0. The summed E-state index contributed by atoms with van der Waals surface area (Å²) in [4.78, 5) is 30.5. The maximum Gasteiger partial charge on any atom is 0.269 e. The Balaban J connectivity index is 1.45. The summed E-state index contributed by atoms with van der Waals surface area (Å²) >= 11 is 0. The van der Waals surface area contributed by atoms with Gasteiger partial charge in [0.25, 0.3) is 5.91 Å². The molecule has 3 N–H and O–H groups in total. The number of nitrogens with one attached hydrogen (secondary N) is 3. The first kappa shape index (κ1) is 18.1. The van der Waals surface area contributed by atoms with Gasteiger partial charge in [0, 0.05) is 23.2 Å². The zero-order chi connectivity index (χ0) is 20.5. The minimum Gasteiger partial charge on any atom is -0.373 e. The zero-order valence-electron chi connectivity index (χ0n) is 16.1. The summed E-state index contributed by atoms with van der Waals surface area (Å²) in [6.45, 7) is 0. The van der Waals surface area contributed by atoms with Crippen LogP contribution in [0.5, 0.6) is 0 Å². The van der Waals surface area contributed by atoms with E-state index < -0.39 is 12.2 Å². The second-order valence-electron chi connectivity index (χ2n) is 7.35. The van der Waals surface area contributed by atoms with Crippen LogP contribution in [0, 0.1) is 0 Å². The fourth-order valence-electron chi connectivity index (χ4n) is 3.87. The molecule has 2 heterocycles. The van der Waals surface area contributed by atoms with Gasteiger partial charge in [-0.3, -0.25) is 9.59 Å². The Morgan fingerprint density at radius 1 is 0.900 bits per heavy atom. The van der Waals surface area contributed by atoms with Crippen LogP contribution in [0.4, 0.5) is 11.4 Å². The van der Waals surface area contributed by atoms with Crippen LogP contribution >= 0.6 is 0 Å². The lowest BCUT2D eigenvalue weighted by Gasteiger charge is -2.17. The van der Waals surface area contributed by atoms with E-state index >= 15 is 0 Å². The predicted octanol–water partition coefficient (Wildman–Crippen LogP) is 2.96. The van der Waals surface area contributed by atoms with Crippen molar-refractivity contribution in [2.45, 2.75) is 18.6 Å². The van der Waals surface area contributed by atoms with Crippen molar-refractivity contribution in [2.24, 2.45) is 4.99 Å². The number of carbonyl (C=O) groups is 2. The van der Waals surface area contributed by atoms with Crippen LogP contribution in [0.1, 0.15) is 16.7 Å². The molecule has 0 aromatic heterocycles. The number of carbonyl (C=O) groups excluding carboxylic acids is 2. The topological polar surface area (TPSA) is 82.6 Å². The minimum absolute atomic E-state index is 0.256. The molecule has 0 spiro atoms. The Kier molecular flexibility index (Phi) is 4.52. The molecule has 2 amide bonds. The molecule has 2 aliphatic rings. The molecule has 3 aromatic rings. The van der Waals surface area contributed by atoms with Crippen molar-refractivity contribution in [3.05, 3.63) is 95.6 Å². The monoisotopic (exact) mass is 396 g/mol. The summed E-state index contributed by atoms with van der Waals surface area (Å²) in [7, 11) is 0. The first-order valence-electron chi connectivity index (χ1n) is 9.87. The minimum atomic E-state index is -1.02. The summed E-state index contributed by atoms with van der Waals surface area (Å²) < 4.78 is 0. The van der Waals surface area contributed by atoms with Gasteiger partial charge in [-0.2, -0.15) is 0 Å². The Bertz CT molecular complexity index is 1130. The summed E-state index contributed by atoms with van der Waals surface area (Å²) in [6.07, 6.45) is -0.447. The molecule has 148 valence electrons. The zero-order valence-corrected chi connectivity index (χ0v) is 16.1. The van der Waals surface area contributed by atoms with E-state index in [9.17, 15) is 9.59 Å². The number of hydrogen-bond donors (Lipinski definition) is 3. The van der Waals surface area contributed by atoms with Gasteiger partial charge in [0.2, 0.25) is 12.1 Å². The lowest BCUT2D eigenvalue weighted by Crippen LogP contribution is -2.48. The molecule has 6 heteroatoms. The van der Waals surface area contributed by atoms with Crippen molar-refractivity contribution >= 4 is 28.9 Å². The molecule has 5 rings (SSSR count). The molecular formula is C24H20N4O2. The highest BCUT2D eigenvalue weighted by molar-refractivity contribution is 6.19. The molecule has 2 atom stereocenters. The van der Waals surface area contributed by atoms with E-state index in [1.807, 2.05) is 78.9 Å². The number of para-hydroxylation sites is 2. The van der Waals surface area contributed by atoms with Gasteiger partial charge in [-0.1, -0.05) is 66.7 Å². The van der Waals surface area contributed by atoms with Crippen molar-refractivity contribution in [3.63, 3.8) is 0 Å². The van der Waals surface area contributed by atoms with E-state index in [0.29, 0.717) is 17.8 Å². The summed E-state index contributed by atoms with van der Waals surface area (Å²) in [5.74, 6) is -0.620. The molecule has 0 radical (unpaired) electrons. The van der Waals surface area contributed by atoms with E-state index in [4.69, 9.17) is 0 Å². The van der Waals surface area contributed by atoms with Crippen molar-refractivity contribution < 1.29 is 9.59 Å². The Labute approximate surface area is 174 Å². The Hall–Kier alpha value is -3.93. The standard InChI is InChI=1S/C24H20N4O2/c29-23(20-14-16-10-4-6-12-18(16)25-20)28-22-24(30)26-19-13-7-5-11-17(19)21(27-22)15-8-2-1-3-9-15/h1-13,20,22,25H,14H2,(H,26,30)(H,28,29). The first-order chi connectivity index (χ1) is 14.7. The van der Waals surface area contributed by atoms with Gasteiger partial charge in [-0.15, -0.1) is 0 Å². The van der Waals surface area contributed by atoms with Crippen LogP contribution in [0.15, 0.2) is 83.9 Å². The third-order valence-corrected chi connectivity index (χ3v) is 5.36. The Morgan fingerprint density at radius 3 is 2.40 bits per heavy atom. The molecule has 3 aromatic carbocycles. The van der Waals surface area contributed by atoms with Crippen LogP contribution in [0.2, 0.25) is 0 Å². The molecule has 6 nitrogen and oxygen atoms in total. The summed E-state index contributed by atoms with van der Waals surface area (Å²) in [6, 6.07) is 24.6. The Morgan fingerprint density at radius 2 is 1.60 bits per heavy atom. The van der Waals surface area contributed by atoms with Crippen LogP contribution in [0.3, 0.4) is 0 Å². The molecule has 2 unspecified atom stereocenters. The van der Waals surface area contributed by atoms with Gasteiger partial charge < -0.3 is 16.0 Å². The molecule has 0 bridgehead atoms. The third kappa shape index (κ3) is 3.33. The smallest absolute Gasteiger partial charge is 0.269 e. The number of rotatable bonds is 3. The second kappa shape index (κ2) is 7.48. The molecule has 2 aliphatic heterocycles. The molecule has 0 saturated heterocycles. The average Bonchev–Trinajstić information content (AvgIpc) is 3.16. The van der Waals surface area contributed by atoms with Gasteiger partial charge >= 0.3 is 0 Å². The van der Waals surface area contributed by atoms with E-state index in [1.165, 1.54) is 0 Å². The molecule has 0 aliphatic carbocycles. The fraction of sp³-hybridized carbons (Fsp3) is 0.125. The molecule has 0 fully saturated rings. The van der Waals surface area contributed by atoms with Crippen molar-refractivity contribution in [3.8, 4) is 0 Å². The quantitative estimate of drug-likeness (QED) is 0.637. The molecule has 30 heavy (non-hydrogen) atoms. The van der Waals surface area contributed by atoms with Crippen LogP contribution < -0.4 is 16.0 Å². The number of benzene rings is 3. The highest BCUT2D eigenvalue weighted by Crippen LogP contribution is 2.26. The highest BCUT2D eigenvalue weighted by Gasteiger charge is 2.31. The lowest BCUT2D eigenvalue weighted by molar-refractivity contribution is -0.126. The number of fused-ring (bicyclic) bond motifs is 2. The molecular weight excluding hydrogens is 376 g/mol. The number of amides is 2. The fourth-order valence-corrected chi connectivity index (χ4v) is 3.87. The predicted molar refractivity (Wildman–Crippen MR) is 117 cm³/mol. The van der Waals surface area contributed by atoms with Crippen LogP contribution in [-0.2, 0) is 16.0 Å². The van der Waals surface area contributed by atoms with Gasteiger partial charge in [0.15, 0.2) is 0 Å². The third-order valence-electron chi connectivity index (χ3n) is 5.36. The number of aliphatic imine (C=N–C) groups is 1. The van der Waals surface area contributed by atoms with Crippen molar-refractivity contribution in [1.29, 1.82) is 0 Å². The maximum atomic E-state index is 12.9. The number of hydrogen-bond acceptors (Lipinski definition) is 4. The van der Waals surface area contributed by atoms with Gasteiger partial charge in [0.1, 0.15) is 6.04 Å². The van der Waals surface area contributed by atoms with Crippen LogP contribution in [-0.4, -0.2) is 29.7 Å². The SMILES string of the molecule is O=C(NC1N=C(c2ccccc2)c2ccccc2NC1=O)C1Cc2ccccc2N1. The van der Waals surface area contributed by atoms with E-state index in [0.717, 1.165) is 22.4 Å². The second-order valence-corrected chi connectivity index (χ2v) is 7.35. The number of anilines is 2. The molecule has 0 saturated carbocycles. The van der Waals surface area contributed by atoms with Gasteiger partial charge in [-0.25, -0.2) is 4.99 Å². The van der Waals surface area contributed by atoms with Crippen LogP contribution in [0.25, 0.3) is 0 Å². The number of nitrogens with zero attached hydrogens (tertiary/aromatic N) is 1. The normalized spacial score (nSPS) is 19.5. The van der Waals surface area contributed by atoms with Crippen molar-refractivity contribution in [2.75, 3.05) is 10.6 Å². The van der Waals surface area contributed by atoms with Gasteiger partial charge in [-0.05, 0) is 17.7 Å². The first-order valence-corrected chi connectivity index (χ1v) is 9.87.